The molecule has 0 radical (unpaired) electrons. The van der Waals surface area contributed by atoms with Gasteiger partial charge < -0.3 is 15.2 Å². The minimum absolute atomic E-state index is 0.102. The summed E-state index contributed by atoms with van der Waals surface area (Å²) in [5.41, 5.74) is 7.72. The van der Waals surface area contributed by atoms with Gasteiger partial charge in [-0.15, -0.1) is 0 Å². The van der Waals surface area contributed by atoms with Crippen LogP contribution in [0.1, 0.15) is 48.0 Å². The van der Waals surface area contributed by atoms with Gasteiger partial charge in [-0.1, -0.05) is 23.2 Å². The highest BCUT2D eigenvalue weighted by molar-refractivity contribution is 6.35. The Hall–Kier alpha value is -1.98. The zero-order chi connectivity index (χ0) is 19.4. The first-order chi connectivity index (χ1) is 13.0. The zero-order valence-electron chi connectivity index (χ0n) is 15.1. The summed E-state index contributed by atoms with van der Waals surface area (Å²) in [7, 11) is 1.56. The Balaban J connectivity index is 1.79. The lowest BCUT2D eigenvalue weighted by Crippen LogP contribution is -2.15. The molecule has 2 N–H and O–H groups in total. The standard InChI is InChI=1S/C20H22Cl2N2O3/c1-26-18-9-7-14(19(23)20(18)27-12-4-2-3-5-12)17(25)8-6-13-15(21)10-24-11-16(13)22/h7,9-12H,2-6,8,23H2,1H3. The summed E-state index contributed by atoms with van der Waals surface area (Å²) in [5, 5.41) is 0.895. The number of nitrogen functional groups attached to an aromatic ring is 1. The van der Waals surface area contributed by atoms with Crippen molar-refractivity contribution in [3.8, 4) is 11.5 Å². The van der Waals surface area contributed by atoms with Crippen LogP contribution in [0.15, 0.2) is 24.5 Å². The average Bonchev–Trinajstić information content (AvgIpc) is 3.16. The SMILES string of the molecule is COc1ccc(C(=O)CCc2c(Cl)cncc2Cl)c(N)c1OC1CCCC1. The number of nitrogens with two attached hydrogens (primary N) is 1. The highest BCUT2D eigenvalue weighted by Crippen LogP contribution is 2.39. The number of anilines is 1. The van der Waals surface area contributed by atoms with Crippen molar-refractivity contribution in [1.82, 2.24) is 4.98 Å². The lowest BCUT2D eigenvalue weighted by molar-refractivity contribution is 0.0983. The molecule has 2 aromatic rings. The molecule has 0 aliphatic heterocycles. The molecular weight excluding hydrogens is 387 g/mol. The summed E-state index contributed by atoms with van der Waals surface area (Å²) in [6.07, 6.45) is 8.02. The fraction of sp³-hybridized carbons (Fsp3) is 0.400. The summed E-state index contributed by atoms with van der Waals surface area (Å²) in [5.74, 6) is 0.891. The first kappa shape index (κ1) is 19.8. The van der Waals surface area contributed by atoms with Crippen LogP contribution in [0.4, 0.5) is 5.69 Å². The Labute approximate surface area is 168 Å². The number of Topliss-reactive ketones (excluding diaryl/α,β-unsaturated/α-hetero) is 1. The first-order valence-electron chi connectivity index (χ1n) is 8.95. The maximum atomic E-state index is 12.8. The number of nitrogens with zero attached hydrogens (tertiary/aromatic N) is 1. The smallest absolute Gasteiger partial charge is 0.185 e. The summed E-state index contributed by atoms with van der Waals surface area (Å²) in [6, 6.07) is 3.40. The van der Waals surface area contributed by atoms with Crippen LogP contribution in [0, 0.1) is 0 Å². The van der Waals surface area contributed by atoms with E-state index in [9.17, 15) is 4.79 Å². The van der Waals surface area contributed by atoms with Crippen molar-refractivity contribution < 1.29 is 14.3 Å². The number of hydrogen-bond donors (Lipinski definition) is 1. The van der Waals surface area contributed by atoms with Gasteiger partial charge in [0.1, 0.15) is 0 Å². The van der Waals surface area contributed by atoms with Crippen molar-refractivity contribution >= 4 is 34.7 Å². The van der Waals surface area contributed by atoms with Gasteiger partial charge in [0.15, 0.2) is 17.3 Å². The fourth-order valence-electron chi connectivity index (χ4n) is 3.33. The number of carbonyl (C=O) groups is 1. The molecule has 1 aliphatic rings. The van der Waals surface area contributed by atoms with E-state index in [1.165, 1.54) is 12.4 Å². The van der Waals surface area contributed by atoms with Crippen molar-refractivity contribution in [2.75, 3.05) is 12.8 Å². The van der Waals surface area contributed by atoms with Gasteiger partial charge in [-0.2, -0.15) is 0 Å². The Morgan fingerprint density at radius 3 is 2.52 bits per heavy atom. The topological polar surface area (TPSA) is 74.4 Å². The van der Waals surface area contributed by atoms with Gasteiger partial charge in [0, 0.05) is 24.4 Å². The number of halogens is 2. The quantitative estimate of drug-likeness (QED) is 0.508. The largest absolute Gasteiger partial charge is 0.493 e. The van der Waals surface area contributed by atoms with E-state index in [1.807, 2.05) is 0 Å². The second kappa shape index (κ2) is 8.81. The predicted molar refractivity (Wildman–Crippen MR) is 107 cm³/mol. The van der Waals surface area contributed by atoms with Gasteiger partial charge in [0.2, 0.25) is 0 Å². The second-order valence-corrected chi connectivity index (χ2v) is 7.40. The van der Waals surface area contributed by atoms with Gasteiger partial charge in [0.25, 0.3) is 0 Å². The Bertz CT molecular complexity index is 816. The molecule has 0 saturated heterocycles. The van der Waals surface area contributed by atoms with Crippen molar-refractivity contribution in [3.05, 3.63) is 45.7 Å². The van der Waals surface area contributed by atoms with Crippen LogP contribution < -0.4 is 15.2 Å². The van der Waals surface area contributed by atoms with Gasteiger partial charge >= 0.3 is 0 Å². The molecule has 1 aromatic carbocycles. The molecule has 27 heavy (non-hydrogen) atoms. The number of benzene rings is 1. The molecule has 0 atom stereocenters. The van der Waals surface area contributed by atoms with Gasteiger partial charge in [0.05, 0.1) is 28.9 Å². The zero-order valence-corrected chi connectivity index (χ0v) is 16.6. The van der Waals surface area contributed by atoms with Crippen molar-refractivity contribution in [2.24, 2.45) is 0 Å². The minimum atomic E-state index is -0.102. The van der Waals surface area contributed by atoms with E-state index in [0.29, 0.717) is 44.8 Å². The van der Waals surface area contributed by atoms with Crippen LogP contribution in [0.25, 0.3) is 0 Å². The molecule has 1 aromatic heterocycles. The van der Waals surface area contributed by atoms with E-state index in [-0.39, 0.29) is 18.3 Å². The van der Waals surface area contributed by atoms with Crippen LogP contribution in [0.3, 0.4) is 0 Å². The Kier molecular flexibility index (Phi) is 6.45. The molecule has 7 heteroatoms. The third-order valence-corrected chi connectivity index (χ3v) is 5.47. The highest BCUT2D eigenvalue weighted by atomic mass is 35.5. The van der Waals surface area contributed by atoms with Gasteiger partial charge in [-0.25, -0.2) is 0 Å². The van der Waals surface area contributed by atoms with E-state index in [1.54, 1.807) is 19.2 Å². The highest BCUT2D eigenvalue weighted by Gasteiger charge is 2.23. The molecule has 5 nitrogen and oxygen atoms in total. The molecule has 144 valence electrons. The maximum absolute atomic E-state index is 12.8. The molecule has 1 heterocycles. The first-order valence-corrected chi connectivity index (χ1v) is 9.71. The number of methoxy groups -OCH3 is 1. The third kappa shape index (κ3) is 4.47. The van der Waals surface area contributed by atoms with Crippen molar-refractivity contribution in [1.29, 1.82) is 0 Å². The van der Waals surface area contributed by atoms with Gasteiger partial charge in [-0.3, -0.25) is 9.78 Å². The van der Waals surface area contributed by atoms with Crippen molar-refractivity contribution in [3.63, 3.8) is 0 Å². The average molecular weight is 409 g/mol. The number of aromatic nitrogens is 1. The van der Waals surface area contributed by atoms with E-state index in [4.69, 9.17) is 38.4 Å². The Morgan fingerprint density at radius 1 is 1.22 bits per heavy atom. The van der Waals surface area contributed by atoms with Gasteiger partial charge in [-0.05, 0) is 49.8 Å². The number of carbonyl (C=O) groups excluding carboxylic acids is 1. The number of ether oxygens (including phenoxy) is 2. The monoisotopic (exact) mass is 408 g/mol. The molecule has 0 amide bonds. The number of pyridine rings is 1. The normalized spacial score (nSPS) is 14.3. The third-order valence-electron chi connectivity index (χ3n) is 4.82. The molecule has 1 aliphatic carbocycles. The van der Waals surface area contributed by atoms with Crippen LogP contribution in [-0.2, 0) is 6.42 Å². The number of rotatable bonds is 7. The molecule has 3 rings (SSSR count). The van der Waals surface area contributed by atoms with Crippen LogP contribution >= 0.6 is 23.2 Å². The van der Waals surface area contributed by atoms with Crippen LogP contribution in [0.5, 0.6) is 11.5 Å². The molecular formula is C20H22Cl2N2O3. The van der Waals surface area contributed by atoms with Crippen LogP contribution in [-0.4, -0.2) is 24.0 Å². The Morgan fingerprint density at radius 2 is 1.89 bits per heavy atom. The van der Waals surface area contributed by atoms with E-state index in [2.05, 4.69) is 4.98 Å². The number of hydrogen-bond acceptors (Lipinski definition) is 5. The predicted octanol–water partition coefficient (Wildman–Crippen LogP) is 5.12. The number of ketones is 1. The molecule has 1 saturated carbocycles. The van der Waals surface area contributed by atoms with E-state index >= 15 is 0 Å². The second-order valence-electron chi connectivity index (χ2n) is 6.59. The van der Waals surface area contributed by atoms with Crippen LogP contribution in [0.2, 0.25) is 10.0 Å². The van der Waals surface area contributed by atoms with Crippen molar-refractivity contribution in [2.45, 2.75) is 44.6 Å². The molecule has 0 unspecified atom stereocenters. The minimum Gasteiger partial charge on any atom is -0.493 e. The lowest BCUT2D eigenvalue weighted by Gasteiger charge is -2.19. The molecule has 0 bridgehead atoms. The maximum Gasteiger partial charge on any atom is 0.185 e. The molecule has 1 fully saturated rings. The summed E-state index contributed by atoms with van der Waals surface area (Å²) in [4.78, 5) is 16.7. The van der Waals surface area contributed by atoms with E-state index < -0.39 is 0 Å². The summed E-state index contributed by atoms with van der Waals surface area (Å²) < 4.78 is 11.4. The van der Waals surface area contributed by atoms with E-state index in [0.717, 1.165) is 25.7 Å². The fourth-order valence-corrected chi connectivity index (χ4v) is 3.88. The summed E-state index contributed by atoms with van der Waals surface area (Å²) >= 11 is 12.3. The lowest BCUT2D eigenvalue weighted by atomic mass is 10.0. The summed E-state index contributed by atoms with van der Waals surface area (Å²) in [6.45, 7) is 0. The molecule has 0 spiro atoms.